The van der Waals surface area contributed by atoms with Crippen LogP contribution < -0.4 is 4.74 Å². The normalized spacial score (nSPS) is 23.7. The molecule has 4 atom stereocenters. The van der Waals surface area contributed by atoms with Crippen LogP contribution in [0.4, 0.5) is 0 Å². The van der Waals surface area contributed by atoms with Gasteiger partial charge in [0, 0.05) is 16.7 Å². The summed E-state index contributed by atoms with van der Waals surface area (Å²) in [5.74, 6) is 0.538. The molecule has 6 nitrogen and oxygen atoms in total. The summed E-state index contributed by atoms with van der Waals surface area (Å²) in [5.41, 5.74) is 5.87. The molecule has 2 aromatic carbocycles. The van der Waals surface area contributed by atoms with E-state index in [1.165, 1.54) is 11.1 Å². The molecule has 0 aliphatic heterocycles. The smallest absolute Gasteiger partial charge is 0.192 e. The van der Waals surface area contributed by atoms with Crippen molar-refractivity contribution < 1.29 is 28.5 Å². The predicted octanol–water partition coefficient (Wildman–Crippen LogP) is 9.80. The Labute approximate surface area is 297 Å². The SMILES string of the molecule is C=C1CC[C@H](OCOCc2ccccc2)[C@@](C)(COCc2ccc(OC)cc2)[C@@H]1[C@@H](O)C1=CCC(C)=C(CO[Si](C)(C)C(C)(C)C)C1(C)C. The van der Waals surface area contributed by atoms with Crippen LogP contribution in [0.2, 0.25) is 18.1 Å². The van der Waals surface area contributed by atoms with Crippen molar-refractivity contribution in [1.82, 2.24) is 0 Å². The van der Waals surface area contributed by atoms with Crippen LogP contribution in [-0.4, -0.2) is 52.7 Å². The van der Waals surface area contributed by atoms with Crippen LogP contribution in [0.3, 0.4) is 0 Å². The number of benzene rings is 2. The minimum atomic E-state index is -1.97. The Morgan fingerprint density at radius 1 is 0.939 bits per heavy atom. The van der Waals surface area contributed by atoms with Gasteiger partial charge in [-0.25, -0.2) is 0 Å². The third-order valence-corrected chi connectivity index (χ3v) is 16.0. The molecule has 0 amide bonds. The molecule has 49 heavy (non-hydrogen) atoms. The molecule has 1 fully saturated rings. The topological polar surface area (TPSA) is 66.4 Å². The summed E-state index contributed by atoms with van der Waals surface area (Å²) >= 11 is 0. The van der Waals surface area contributed by atoms with Gasteiger partial charge >= 0.3 is 0 Å². The second kappa shape index (κ2) is 16.2. The highest BCUT2D eigenvalue weighted by Gasteiger charge is 2.52. The van der Waals surface area contributed by atoms with E-state index < -0.39 is 19.8 Å². The average Bonchev–Trinajstić information content (AvgIpc) is 3.03. The van der Waals surface area contributed by atoms with E-state index in [1.807, 2.05) is 42.5 Å². The van der Waals surface area contributed by atoms with Gasteiger partial charge in [0.15, 0.2) is 8.32 Å². The van der Waals surface area contributed by atoms with Gasteiger partial charge in [0.2, 0.25) is 0 Å². The Kier molecular flexibility index (Phi) is 13.0. The number of hydrogen-bond acceptors (Lipinski definition) is 6. The van der Waals surface area contributed by atoms with Crippen molar-refractivity contribution in [2.75, 3.05) is 27.1 Å². The van der Waals surface area contributed by atoms with Gasteiger partial charge in [-0.1, -0.05) is 108 Å². The molecule has 2 aromatic rings. The molecule has 270 valence electrons. The van der Waals surface area contributed by atoms with Crippen molar-refractivity contribution in [3.05, 3.63) is 101 Å². The van der Waals surface area contributed by atoms with Gasteiger partial charge in [0.25, 0.3) is 0 Å². The number of aliphatic hydroxyl groups excluding tert-OH is 1. The maximum Gasteiger partial charge on any atom is 0.192 e. The number of ether oxygens (including phenoxy) is 4. The summed E-state index contributed by atoms with van der Waals surface area (Å²) in [6.07, 6.45) is 3.63. The first-order valence-corrected chi connectivity index (χ1v) is 20.8. The van der Waals surface area contributed by atoms with Crippen molar-refractivity contribution in [3.8, 4) is 5.75 Å². The second-order valence-corrected chi connectivity index (χ2v) is 21.2. The number of hydrogen-bond donors (Lipinski definition) is 1. The Hall–Kier alpha value is -2.52. The highest BCUT2D eigenvalue weighted by Crippen LogP contribution is 2.53. The van der Waals surface area contributed by atoms with Crippen LogP contribution in [0, 0.1) is 16.7 Å². The first-order chi connectivity index (χ1) is 23.0. The van der Waals surface area contributed by atoms with E-state index in [2.05, 4.69) is 86.3 Å². The van der Waals surface area contributed by atoms with Crippen molar-refractivity contribution >= 4 is 8.32 Å². The van der Waals surface area contributed by atoms with E-state index in [9.17, 15) is 5.11 Å². The molecule has 0 bridgehead atoms. The van der Waals surface area contributed by atoms with Gasteiger partial charge in [0.1, 0.15) is 12.5 Å². The lowest BCUT2D eigenvalue weighted by Crippen LogP contribution is -2.54. The first-order valence-electron chi connectivity index (χ1n) is 17.8. The summed E-state index contributed by atoms with van der Waals surface area (Å²) in [5, 5.41) is 12.7. The molecule has 0 saturated heterocycles. The van der Waals surface area contributed by atoms with Crippen LogP contribution in [0.25, 0.3) is 0 Å². The summed E-state index contributed by atoms with van der Waals surface area (Å²) in [4.78, 5) is 0. The lowest BCUT2D eigenvalue weighted by Gasteiger charge is -2.52. The molecular formula is C42H62O6Si. The van der Waals surface area contributed by atoms with E-state index in [0.29, 0.717) is 26.4 Å². The van der Waals surface area contributed by atoms with Crippen molar-refractivity contribution in [3.63, 3.8) is 0 Å². The number of aliphatic hydroxyl groups is 1. The summed E-state index contributed by atoms with van der Waals surface area (Å²) < 4.78 is 31.2. The number of rotatable bonds is 15. The number of methoxy groups -OCH3 is 1. The minimum Gasteiger partial charge on any atom is -0.497 e. The molecule has 0 radical (unpaired) electrons. The average molecular weight is 691 g/mol. The van der Waals surface area contributed by atoms with Crippen LogP contribution in [0.1, 0.15) is 78.9 Å². The molecule has 1 saturated carbocycles. The quantitative estimate of drug-likeness (QED) is 0.0869. The van der Waals surface area contributed by atoms with Crippen molar-refractivity contribution in [2.24, 2.45) is 16.7 Å². The fourth-order valence-electron chi connectivity index (χ4n) is 7.28. The monoisotopic (exact) mass is 690 g/mol. The van der Waals surface area contributed by atoms with Gasteiger partial charge in [-0.15, -0.1) is 0 Å². The first kappa shape index (κ1) is 39.3. The molecule has 4 rings (SSSR count). The second-order valence-electron chi connectivity index (χ2n) is 16.4. The molecular weight excluding hydrogens is 629 g/mol. The molecule has 0 aromatic heterocycles. The Balaban J connectivity index is 1.58. The van der Waals surface area contributed by atoms with Crippen LogP contribution in [-0.2, 0) is 31.9 Å². The van der Waals surface area contributed by atoms with Crippen LogP contribution in [0.5, 0.6) is 5.75 Å². The third-order valence-electron chi connectivity index (χ3n) is 11.6. The zero-order chi connectivity index (χ0) is 36.0. The van der Waals surface area contributed by atoms with Gasteiger partial charge < -0.3 is 28.5 Å². The number of allylic oxidation sites excluding steroid dienone is 2. The van der Waals surface area contributed by atoms with E-state index >= 15 is 0 Å². The van der Waals surface area contributed by atoms with E-state index in [0.717, 1.165) is 47.3 Å². The van der Waals surface area contributed by atoms with E-state index in [1.54, 1.807) is 7.11 Å². The zero-order valence-electron chi connectivity index (χ0n) is 31.9. The maximum atomic E-state index is 12.6. The zero-order valence-corrected chi connectivity index (χ0v) is 32.9. The fourth-order valence-corrected chi connectivity index (χ4v) is 8.21. The summed E-state index contributed by atoms with van der Waals surface area (Å²) in [6.45, 7) is 26.9. The van der Waals surface area contributed by atoms with Gasteiger partial charge in [0.05, 0.1) is 45.7 Å². The summed E-state index contributed by atoms with van der Waals surface area (Å²) in [6, 6.07) is 18.1. The van der Waals surface area contributed by atoms with Crippen molar-refractivity contribution in [2.45, 2.75) is 111 Å². The Morgan fingerprint density at radius 3 is 2.20 bits per heavy atom. The predicted molar refractivity (Wildman–Crippen MR) is 202 cm³/mol. The molecule has 7 heteroatoms. The maximum absolute atomic E-state index is 12.6. The molecule has 2 aliphatic rings. The fraction of sp³-hybridized carbons (Fsp3) is 0.571. The standard InChI is InChI=1S/C42H62O6Si/c1-30-17-23-35(41(6,7)36(30)27-48-49(10,11)40(3,4)5)39(43)38-31(2)18-24-37(47-29-46-26-32-15-13-12-14-16-32)42(38,8)28-45-25-33-19-21-34(44-9)22-20-33/h12-16,19-23,37-39,43H,2,17-18,24-29H2,1,3-11H3/t37-,38-,39-,42+/m0/s1. The van der Waals surface area contributed by atoms with Crippen molar-refractivity contribution in [1.29, 1.82) is 0 Å². The molecule has 1 N–H and O–H groups in total. The molecule has 0 spiro atoms. The van der Waals surface area contributed by atoms with Gasteiger partial charge in [-0.2, -0.15) is 0 Å². The third kappa shape index (κ3) is 9.24. The summed E-state index contributed by atoms with van der Waals surface area (Å²) in [7, 11) is -0.305. The lowest BCUT2D eigenvalue weighted by atomic mass is 9.58. The highest BCUT2D eigenvalue weighted by molar-refractivity contribution is 6.74. The Bertz CT molecular complexity index is 1450. The highest BCUT2D eigenvalue weighted by atomic mass is 28.4. The molecule has 0 unspecified atom stereocenters. The molecule has 2 aliphatic carbocycles. The largest absolute Gasteiger partial charge is 0.497 e. The van der Waals surface area contributed by atoms with Gasteiger partial charge in [-0.05, 0) is 78.7 Å². The van der Waals surface area contributed by atoms with Crippen LogP contribution >= 0.6 is 0 Å². The molecule has 0 heterocycles. The van der Waals surface area contributed by atoms with Gasteiger partial charge in [-0.3, -0.25) is 0 Å². The van der Waals surface area contributed by atoms with Crippen LogP contribution in [0.15, 0.2) is 89.5 Å². The minimum absolute atomic E-state index is 0.117. The lowest BCUT2D eigenvalue weighted by molar-refractivity contribution is -0.176. The van der Waals surface area contributed by atoms with E-state index in [-0.39, 0.29) is 29.3 Å². The Morgan fingerprint density at radius 2 is 1.57 bits per heavy atom. The van der Waals surface area contributed by atoms with E-state index in [4.69, 9.17) is 23.4 Å².